The van der Waals surface area contributed by atoms with E-state index in [4.69, 9.17) is 5.11 Å². The summed E-state index contributed by atoms with van der Waals surface area (Å²) in [5, 5.41) is 8.52. The third kappa shape index (κ3) is 3.22. The van der Waals surface area contributed by atoms with Gasteiger partial charge in [-0.3, -0.25) is 0 Å². The summed E-state index contributed by atoms with van der Waals surface area (Å²) < 4.78 is 0. The molecule has 3 heteroatoms. The monoisotopic (exact) mass is 253 g/mol. The van der Waals surface area contributed by atoms with Gasteiger partial charge in [0.05, 0.1) is 6.61 Å². The molecule has 0 aromatic rings. The molecule has 1 N–H and O–H groups in total. The number of aliphatic hydroxyl groups is 1. The second kappa shape index (κ2) is 5.73. The normalized spacial score (nSPS) is 15.1. The molecule has 0 amide bonds. The van der Waals surface area contributed by atoms with Crippen LogP contribution in [0.1, 0.15) is 0 Å². The summed E-state index contributed by atoms with van der Waals surface area (Å²) >= 11 is 0. The third-order valence-corrected chi connectivity index (χ3v) is 1.27. The average molecular weight is 253 g/mol. The van der Waals surface area contributed by atoms with E-state index in [0.29, 0.717) is 0 Å². The van der Waals surface area contributed by atoms with Crippen molar-refractivity contribution >= 4 is 24.0 Å². The molecule has 2 nitrogen and oxygen atoms in total. The van der Waals surface area contributed by atoms with Crippen molar-refractivity contribution in [3.8, 4) is 0 Å². The molecule has 0 aromatic carbocycles. The molecule has 1 aliphatic rings. The fourth-order valence-corrected chi connectivity index (χ4v) is 0.801. The van der Waals surface area contributed by atoms with E-state index >= 15 is 0 Å². The summed E-state index contributed by atoms with van der Waals surface area (Å²) in [5.74, 6) is 0. The van der Waals surface area contributed by atoms with Gasteiger partial charge < -0.3 is 10.0 Å². The summed E-state index contributed by atoms with van der Waals surface area (Å²) in [6.07, 6.45) is 8.03. The first-order valence-corrected chi connectivity index (χ1v) is 3.12. The van der Waals surface area contributed by atoms with Crippen molar-refractivity contribution in [2.75, 3.05) is 19.7 Å². The molecule has 1 aliphatic heterocycles. The average Bonchev–Trinajstić information content (AvgIpc) is 1.91. The van der Waals surface area contributed by atoms with Gasteiger partial charge in [-0.15, -0.1) is 24.0 Å². The van der Waals surface area contributed by atoms with Crippen LogP contribution in [0.5, 0.6) is 0 Å². The number of halogens is 1. The number of nitrogens with zero attached hydrogens (tertiary/aromatic N) is 1. The minimum atomic E-state index is 0. The zero-order valence-corrected chi connectivity index (χ0v) is 8.06. The fourth-order valence-electron chi connectivity index (χ4n) is 0.801. The van der Waals surface area contributed by atoms with Crippen LogP contribution in [0.25, 0.3) is 0 Å². The molecule has 10 heavy (non-hydrogen) atoms. The molecule has 0 atom stereocenters. The maximum absolute atomic E-state index is 8.52. The second-order valence-electron chi connectivity index (χ2n) is 1.99. The number of rotatable bonds is 2. The van der Waals surface area contributed by atoms with Crippen LogP contribution in [0, 0.1) is 0 Å². The van der Waals surface area contributed by atoms with Crippen molar-refractivity contribution in [1.82, 2.24) is 4.90 Å². The van der Waals surface area contributed by atoms with Gasteiger partial charge in [-0.2, -0.15) is 0 Å². The van der Waals surface area contributed by atoms with Crippen LogP contribution in [0.4, 0.5) is 0 Å². The van der Waals surface area contributed by atoms with Gasteiger partial charge in [0.25, 0.3) is 0 Å². The zero-order valence-electron chi connectivity index (χ0n) is 5.73. The number of β-amino-alcohol motifs (C(OH)–C–C–N with tert-alkyl or cyclic N) is 1. The maximum Gasteiger partial charge on any atom is 0.0606 e. The largest absolute Gasteiger partial charge is 0.395 e. The predicted molar refractivity (Wildman–Crippen MR) is 52.4 cm³/mol. The van der Waals surface area contributed by atoms with Crippen molar-refractivity contribution in [3.63, 3.8) is 0 Å². The standard InChI is InChI=1S/C7H11NO.HI/c9-7-6-8-4-2-1-3-5-8;/h1-4,9H,5-7H2;1H. The molecule has 1 rings (SSSR count). The van der Waals surface area contributed by atoms with Crippen molar-refractivity contribution in [2.45, 2.75) is 0 Å². The molecule has 0 aromatic heterocycles. The van der Waals surface area contributed by atoms with E-state index in [2.05, 4.69) is 11.0 Å². The molecule has 1 heterocycles. The zero-order chi connectivity index (χ0) is 6.53. The molecule has 0 radical (unpaired) electrons. The predicted octanol–water partition coefficient (Wildman–Crippen LogP) is 0.982. The summed E-state index contributed by atoms with van der Waals surface area (Å²) in [5.41, 5.74) is 0. The van der Waals surface area contributed by atoms with E-state index in [9.17, 15) is 0 Å². The Labute approximate surface area is 78.2 Å². The topological polar surface area (TPSA) is 23.5 Å². The Balaban J connectivity index is 0.000000810. The van der Waals surface area contributed by atoms with Crippen LogP contribution in [0.3, 0.4) is 0 Å². The van der Waals surface area contributed by atoms with Gasteiger partial charge in [0.1, 0.15) is 0 Å². The molecule has 58 valence electrons. The first-order chi connectivity index (χ1) is 4.43. The summed E-state index contributed by atoms with van der Waals surface area (Å²) in [4.78, 5) is 2.06. The number of aliphatic hydroxyl groups excluding tert-OH is 1. The van der Waals surface area contributed by atoms with E-state index in [1.807, 2.05) is 18.4 Å². The van der Waals surface area contributed by atoms with E-state index in [0.717, 1.165) is 13.1 Å². The van der Waals surface area contributed by atoms with Crippen LogP contribution in [0.2, 0.25) is 0 Å². The maximum atomic E-state index is 8.52. The Kier molecular flexibility index (Phi) is 5.71. The Morgan fingerprint density at radius 3 is 2.70 bits per heavy atom. The molecule has 0 spiro atoms. The lowest BCUT2D eigenvalue weighted by atomic mass is 10.3. The highest BCUT2D eigenvalue weighted by molar-refractivity contribution is 14.0. The van der Waals surface area contributed by atoms with E-state index in [1.54, 1.807) is 0 Å². The number of allylic oxidation sites excluding steroid dienone is 2. The van der Waals surface area contributed by atoms with Gasteiger partial charge in [-0.1, -0.05) is 12.2 Å². The van der Waals surface area contributed by atoms with E-state index in [1.165, 1.54) is 0 Å². The fraction of sp³-hybridized carbons (Fsp3) is 0.429. The molecular weight excluding hydrogens is 241 g/mol. The number of hydrogen-bond donors (Lipinski definition) is 1. The Bertz CT molecular complexity index is 134. The van der Waals surface area contributed by atoms with Crippen LogP contribution in [-0.2, 0) is 0 Å². The Morgan fingerprint density at radius 1 is 1.40 bits per heavy atom. The minimum Gasteiger partial charge on any atom is -0.395 e. The first-order valence-electron chi connectivity index (χ1n) is 3.12. The second-order valence-corrected chi connectivity index (χ2v) is 1.99. The molecule has 0 aliphatic carbocycles. The lowest BCUT2D eigenvalue weighted by Crippen LogP contribution is -2.22. The van der Waals surface area contributed by atoms with Gasteiger partial charge in [0.2, 0.25) is 0 Å². The highest BCUT2D eigenvalue weighted by atomic mass is 127. The number of hydrogen-bond acceptors (Lipinski definition) is 2. The highest BCUT2D eigenvalue weighted by Crippen LogP contribution is 1.95. The van der Waals surface area contributed by atoms with Gasteiger partial charge in [-0.05, 0) is 12.3 Å². The van der Waals surface area contributed by atoms with Crippen LogP contribution >= 0.6 is 24.0 Å². The van der Waals surface area contributed by atoms with Gasteiger partial charge >= 0.3 is 0 Å². The van der Waals surface area contributed by atoms with Crippen LogP contribution < -0.4 is 0 Å². The molecule has 0 unspecified atom stereocenters. The Morgan fingerprint density at radius 2 is 2.20 bits per heavy atom. The molecular formula is C7H12INO. The van der Waals surface area contributed by atoms with Crippen molar-refractivity contribution in [2.24, 2.45) is 0 Å². The highest BCUT2D eigenvalue weighted by Gasteiger charge is 1.95. The van der Waals surface area contributed by atoms with E-state index < -0.39 is 0 Å². The molecule has 0 saturated heterocycles. The van der Waals surface area contributed by atoms with E-state index in [-0.39, 0.29) is 30.6 Å². The summed E-state index contributed by atoms with van der Waals surface area (Å²) in [7, 11) is 0. The minimum absolute atomic E-state index is 0. The van der Waals surface area contributed by atoms with Gasteiger partial charge in [0.15, 0.2) is 0 Å². The summed E-state index contributed by atoms with van der Waals surface area (Å²) in [6.45, 7) is 1.90. The van der Waals surface area contributed by atoms with Crippen molar-refractivity contribution in [3.05, 3.63) is 24.4 Å². The van der Waals surface area contributed by atoms with Gasteiger partial charge in [-0.25, -0.2) is 0 Å². The van der Waals surface area contributed by atoms with Crippen molar-refractivity contribution in [1.29, 1.82) is 0 Å². The van der Waals surface area contributed by atoms with Gasteiger partial charge in [0, 0.05) is 13.1 Å². The summed E-state index contributed by atoms with van der Waals surface area (Å²) in [6, 6.07) is 0. The lowest BCUT2D eigenvalue weighted by molar-refractivity contribution is 0.245. The van der Waals surface area contributed by atoms with Crippen molar-refractivity contribution < 1.29 is 5.11 Å². The quantitative estimate of drug-likeness (QED) is 0.741. The van der Waals surface area contributed by atoms with Crippen LogP contribution in [-0.4, -0.2) is 29.7 Å². The van der Waals surface area contributed by atoms with Crippen LogP contribution in [0.15, 0.2) is 24.4 Å². The first kappa shape index (κ1) is 9.97. The molecule has 0 fully saturated rings. The molecule has 0 bridgehead atoms. The molecule has 0 saturated carbocycles. The third-order valence-electron chi connectivity index (χ3n) is 1.27. The smallest absolute Gasteiger partial charge is 0.0606 e. The lowest BCUT2D eigenvalue weighted by Gasteiger charge is -2.18. The Hall–Kier alpha value is -0.0300. The SMILES string of the molecule is I.OCCN1C=CC=CC1.